The molecular formula is C23H22Cl2F2N4O2S. The minimum Gasteiger partial charge on any atom is -0.493 e. The number of pyridine rings is 1. The van der Waals surface area contributed by atoms with Crippen LogP contribution in [-0.2, 0) is 13.2 Å². The van der Waals surface area contributed by atoms with E-state index < -0.39 is 11.6 Å². The van der Waals surface area contributed by atoms with E-state index in [9.17, 15) is 8.78 Å². The quantitative estimate of drug-likeness (QED) is 0.306. The smallest absolute Gasteiger partial charge is 0.186 e. The number of thiazole rings is 1. The van der Waals surface area contributed by atoms with Crippen LogP contribution in [0.3, 0.4) is 0 Å². The van der Waals surface area contributed by atoms with Crippen molar-refractivity contribution in [3.05, 3.63) is 76.6 Å². The lowest BCUT2D eigenvalue weighted by atomic mass is 10.2. The normalized spacial score (nSPS) is 10.7. The Morgan fingerprint density at radius 1 is 1.12 bits per heavy atom. The topological polar surface area (TPSA) is 73.5 Å². The highest BCUT2D eigenvalue weighted by atomic mass is 35.5. The van der Waals surface area contributed by atoms with Crippen LogP contribution >= 0.6 is 35.3 Å². The Bertz CT molecular complexity index is 1250. The fourth-order valence-electron chi connectivity index (χ4n) is 3.31. The Balaban J connectivity index is 0.00000324. The van der Waals surface area contributed by atoms with Crippen molar-refractivity contribution >= 4 is 50.7 Å². The van der Waals surface area contributed by atoms with Gasteiger partial charge in [-0.3, -0.25) is 4.98 Å². The van der Waals surface area contributed by atoms with Crippen molar-refractivity contribution in [2.75, 3.05) is 25.1 Å². The van der Waals surface area contributed by atoms with Gasteiger partial charge in [0, 0.05) is 32.0 Å². The molecule has 0 bridgehead atoms. The van der Waals surface area contributed by atoms with Gasteiger partial charge >= 0.3 is 0 Å². The minimum atomic E-state index is -0.658. The summed E-state index contributed by atoms with van der Waals surface area (Å²) in [6, 6.07) is 9.09. The number of hydrogen-bond donors (Lipinski definition) is 1. The van der Waals surface area contributed by atoms with Crippen molar-refractivity contribution in [2.45, 2.75) is 13.2 Å². The van der Waals surface area contributed by atoms with Crippen LogP contribution in [0, 0.1) is 11.6 Å². The Labute approximate surface area is 210 Å². The van der Waals surface area contributed by atoms with E-state index in [1.54, 1.807) is 18.5 Å². The summed E-state index contributed by atoms with van der Waals surface area (Å²) in [5.74, 6) is -0.482. The van der Waals surface area contributed by atoms with Crippen molar-refractivity contribution in [2.24, 2.45) is 5.73 Å². The van der Waals surface area contributed by atoms with Gasteiger partial charge in [0.05, 0.1) is 22.4 Å². The third-order valence-electron chi connectivity index (χ3n) is 4.95. The highest BCUT2D eigenvalue weighted by molar-refractivity contribution is 7.22. The predicted molar refractivity (Wildman–Crippen MR) is 133 cm³/mol. The molecule has 0 fully saturated rings. The van der Waals surface area contributed by atoms with E-state index >= 15 is 0 Å². The molecule has 0 aliphatic rings. The lowest BCUT2D eigenvalue weighted by molar-refractivity contribution is 0.274. The summed E-state index contributed by atoms with van der Waals surface area (Å²) in [6.07, 6.45) is 3.30. The predicted octanol–water partition coefficient (Wildman–Crippen LogP) is 5.60. The Kier molecular flexibility index (Phi) is 8.84. The Morgan fingerprint density at radius 2 is 1.88 bits per heavy atom. The first-order valence-corrected chi connectivity index (χ1v) is 11.3. The third-order valence-corrected chi connectivity index (χ3v) is 6.28. The molecule has 0 atom stereocenters. The molecule has 0 aliphatic heterocycles. The van der Waals surface area contributed by atoms with Crippen LogP contribution in [0.25, 0.3) is 10.2 Å². The molecule has 34 heavy (non-hydrogen) atoms. The SMILES string of the molecule is COc1cc(CN(CCN)c2nc3c(Cl)cncc3s2)ccc1OCc1c(F)cccc1F.Cl. The largest absolute Gasteiger partial charge is 0.493 e. The molecule has 11 heteroatoms. The summed E-state index contributed by atoms with van der Waals surface area (Å²) < 4.78 is 39.8. The fraction of sp³-hybridized carbons (Fsp3) is 0.217. The van der Waals surface area contributed by atoms with Crippen molar-refractivity contribution in [3.63, 3.8) is 0 Å². The number of benzene rings is 2. The van der Waals surface area contributed by atoms with E-state index in [4.69, 9.17) is 26.8 Å². The molecule has 0 aliphatic carbocycles. The minimum absolute atomic E-state index is 0. The van der Waals surface area contributed by atoms with Crippen molar-refractivity contribution in [1.29, 1.82) is 0 Å². The zero-order valence-electron chi connectivity index (χ0n) is 18.1. The molecule has 0 radical (unpaired) electrons. The van der Waals surface area contributed by atoms with Gasteiger partial charge in [0.2, 0.25) is 0 Å². The van der Waals surface area contributed by atoms with E-state index in [-0.39, 0.29) is 24.6 Å². The number of nitrogens with zero attached hydrogens (tertiary/aromatic N) is 3. The van der Waals surface area contributed by atoms with Crippen molar-refractivity contribution < 1.29 is 18.3 Å². The van der Waals surface area contributed by atoms with Crippen LogP contribution in [0.2, 0.25) is 5.02 Å². The number of fused-ring (bicyclic) bond motifs is 1. The molecule has 2 heterocycles. The van der Waals surface area contributed by atoms with E-state index in [2.05, 4.69) is 9.97 Å². The molecule has 0 saturated heterocycles. The maximum absolute atomic E-state index is 13.9. The van der Waals surface area contributed by atoms with Gasteiger partial charge < -0.3 is 20.1 Å². The zero-order valence-corrected chi connectivity index (χ0v) is 20.5. The number of rotatable bonds is 9. The average Bonchev–Trinajstić information content (AvgIpc) is 3.25. The second kappa shape index (κ2) is 11.6. The van der Waals surface area contributed by atoms with Crippen LogP contribution in [0.4, 0.5) is 13.9 Å². The summed E-state index contributed by atoms with van der Waals surface area (Å²) in [5.41, 5.74) is 7.33. The van der Waals surface area contributed by atoms with Crippen LogP contribution in [0.15, 0.2) is 48.8 Å². The van der Waals surface area contributed by atoms with Gasteiger partial charge in [0.25, 0.3) is 0 Å². The lowest BCUT2D eigenvalue weighted by Gasteiger charge is -2.22. The van der Waals surface area contributed by atoms with Crippen LogP contribution < -0.4 is 20.1 Å². The molecule has 180 valence electrons. The molecule has 2 aromatic carbocycles. The molecule has 0 amide bonds. The second-order valence-electron chi connectivity index (χ2n) is 7.15. The molecule has 4 aromatic rings. The van der Waals surface area contributed by atoms with E-state index in [0.717, 1.165) is 15.4 Å². The lowest BCUT2D eigenvalue weighted by Crippen LogP contribution is -2.28. The van der Waals surface area contributed by atoms with Crippen LogP contribution in [0.1, 0.15) is 11.1 Å². The first-order chi connectivity index (χ1) is 16.0. The van der Waals surface area contributed by atoms with Gasteiger partial charge in [-0.15, -0.1) is 12.4 Å². The van der Waals surface area contributed by atoms with E-state index in [1.807, 2.05) is 17.0 Å². The molecule has 0 spiro atoms. The Morgan fingerprint density at radius 3 is 2.56 bits per heavy atom. The number of nitrogens with two attached hydrogens (primary N) is 1. The third kappa shape index (κ3) is 5.67. The van der Waals surface area contributed by atoms with Crippen LogP contribution in [0.5, 0.6) is 11.5 Å². The standard InChI is InChI=1S/C23H21ClF2N4O2S.ClH/c1-31-20-9-14(5-6-19(20)32-13-15-17(25)3-2-4-18(15)26)12-30(8-7-27)23-29-22-16(24)10-28-11-21(22)33-23;/h2-6,9-11H,7-8,12-13,27H2,1H3;1H. The summed E-state index contributed by atoms with van der Waals surface area (Å²) in [7, 11) is 1.51. The van der Waals surface area contributed by atoms with E-state index in [1.165, 1.54) is 36.6 Å². The number of ether oxygens (including phenoxy) is 2. The summed E-state index contributed by atoms with van der Waals surface area (Å²) in [5, 5.41) is 1.27. The number of anilines is 1. The first-order valence-electron chi connectivity index (χ1n) is 10.1. The number of aromatic nitrogens is 2. The summed E-state index contributed by atoms with van der Waals surface area (Å²) in [6.45, 7) is 1.28. The molecule has 0 saturated carbocycles. The molecule has 0 unspecified atom stereocenters. The van der Waals surface area contributed by atoms with Gasteiger partial charge in [-0.2, -0.15) is 0 Å². The van der Waals surface area contributed by atoms with Crippen LogP contribution in [-0.4, -0.2) is 30.2 Å². The fourth-order valence-corrected chi connectivity index (χ4v) is 4.55. The maximum atomic E-state index is 13.9. The first kappa shape index (κ1) is 25.9. The van der Waals surface area contributed by atoms with Gasteiger partial charge in [-0.1, -0.05) is 35.1 Å². The number of halogens is 4. The van der Waals surface area contributed by atoms with Crippen molar-refractivity contribution in [1.82, 2.24) is 9.97 Å². The van der Waals surface area contributed by atoms with Gasteiger partial charge in [0.15, 0.2) is 16.6 Å². The molecule has 2 aromatic heterocycles. The molecule has 6 nitrogen and oxygen atoms in total. The Hall–Kier alpha value is -2.72. The molecule has 2 N–H and O–H groups in total. The van der Waals surface area contributed by atoms with Crippen molar-refractivity contribution in [3.8, 4) is 11.5 Å². The number of hydrogen-bond acceptors (Lipinski definition) is 7. The zero-order chi connectivity index (χ0) is 23.4. The summed E-state index contributed by atoms with van der Waals surface area (Å²) >= 11 is 7.71. The maximum Gasteiger partial charge on any atom is 0.186 e. The highest BCUT2D eigenvalue weighted by Gasteiger charge is 2.16. The van der Waals surface area contributed by atoms with Gasteiger partial charge in [-0.05, 0) is 29.8 Å². The molecular weight excluding hydrogens is 505 g/mol. The average molecular weight is 527 g/mol. The summed E-state index contributed by atoms with van der Waals surface area (Å²) in [4.78, 5) is 10.8. The monoisotopic (exact) mass is 526 g/mol. The molecule has 4 rings (SSSR count). The number of methoxy groups -OCH3 is 1. The van der Waals surface area contributed by atoms with E-state index in [0.29, 0.717) is 41.7 Å². The second-order valence-corrected chi connectivity index (χ2v) is 8.57. The highest BCUT2D eigenvalue weighted by Crippen LogP contribution is 2.34. The van der Waals surface area contributed by atoms with Gasteiger partial charge in [0.1, 0.15) is 23.8 Å². The van der Waals surface area contributed by atoms with Gasteiger partial charge in [-0.25, -0.2) is 13.8 Å².